The Balaban J connectivity index is 2.52. The molecule has 3 nitrogen and oxygen atoms in total. The lowest BCUT2D eigenvalue weighted by Gasteiger charge is -1.96. The van der Waals surface area contributed by atoms with Crippen LogP contribution in [0.1, 0.15) is 11.3 Å². The molecule has 0 aliphatic rings. The van der Waals surface area contributed by atoms with Gasteiger partial charge in [0.1, 0.15) is 5.69 Å². The lowest BCUT2D eigenvalue weighted by Crippen LogP contribution is -1.97. The van der Waals surface area contributed by atoms with E-state index in [2.05, 4.69) is 18.0 Å². The molecule has 0 aliphatic heterocycles. The quantitative estimate of drug-likeness (QED) is 0.797. The van der Waals surface area contributed by atoms with E-state index in [9.17, 15) is 0 Å². The van der Waals surface area contributed by atoms with Gasteiger partial charge in [0.15, 0.2) is 12.2 Å². The van der Waals surface area contributed by atoms with Gasteiger partial charge in [0.05, 0.1) is 4.88 Å². The molecule has 2 aromatic heterocycles. The van der Waals surface area contributed by atoms with E-state index in [-0.39, 0.29) is 0 Å². The third-order valence-electron chi connectivity index (χ3n) is 1.90. The van der Waals surface area contributed by atoms with Crippen molar-refractivity contribution in [1.29, 1.82) is 0 Å². The first kappa shape index (κ1) is 8.47. The maximum absolute atomic E-state index is 5.53. The molecular formula is C9H10N2OS. The monoisotopic (exact) mass is 194 g/mol. The molecule has 4 heteroatoms. The summed E-state index contributed by atoms with van der Waals surface area (Å²) in [5.41, 5.74) is 7.56. The summed E-state index contributed by atoms with van der Waals surface area (Å²) in [7, 11) is 0. The van der Waals surface area contributed by atoms with Crippen LogP contribution in [0.25, 0.3) is 10.6 Å². The molecule has 0 amide bonds. The Morgan fingerprint density at radius 1 is 1.62 bits per heavy atom. The minimum atomic E-state index is 0.420. The fourth-order valence-electron chi connectivity index (χ4n) is 1.20. The Bertz CT molecular complexity index is 405. The fourth-order valence-corrected chi connectivity index (χ4v) is 2.14. The van der Waals surface area contributed by atoms with Crippen LogP contribution in [0.3, 0.4) is 0 Å². The summed E-state index contributed by atoms with van der Waals surface area (Å²) in [6.07, 6.45) is 1.44. The van der Waals surface area contributed by atoms with E-state index in [0.29, 0.717) is 6.54 Å². The Morgan fingerprint density at radius 2 is 2.46 bits per heavy atom. The highest BCUT2D eigenvalue weighted by atomic mass is 32.1. The van der Waals surface area contributed by atoms with E-state index in [0.717, 1.165) is 16.3 Å². The van der Waals surface area contributed by atoms with Crippen LogP contribution in [0.4, 0.5) is 0 Å². The van der Waals surface area contributed by atoms with Crippen LogP contribution in [-0.2, 0) is 6.54 Å². The first-order valence-electron chi connectivity index (χ1n) is 4.00. The predicted molar refractivity (Wildman–Crippen MR) is 52.4 cm³/mol. The summed E-state index contributed by atoms with van der Waals surface area (Å²) in [6, 6.07) is 2.06. The summed E-state index contributed by atoms with van der Waals surface area (Å²) in [5, 5.41) is 2.04. The van der Waals surface area contributed by atoms with Gasteiger partial charge >= 0.3 is 0 Å². The first-order chi connectivity index (χ1) is 6.33. The van der Waals surface area contributed by atoms with Gasteiger partial charge in [-0.25, -0.2) is 4.98 Å². The van der Waals surface area contributed by atoms with Crippen molar-refractivity contribution in [2.45, 2.75) is 13.5 Å². The number of aromatic nitrogens is 1. The number of aryl methyl sites for hydroxylation is 1. The number of oxazole rings is 1. The number of hydrogen-bond acceptors (Lipinski definition) is 4. The molecule has 68 valence electrons. The molecule has 0 atom stereocenters. The highest BCUT2D eigenvalue weighted by molar-refractivity contribution is 7.13. The molecule has 0 radical (unpaired) electrons. The van der Waals surface area contributed by atoms with Gasteiger partial charge in [-0.2, -0.15) is 0 Å². The van der Waals surface area contributed by atoms with E-state index in [1.165, 1.54) is 12.0 Å². The smallest absolute Gasteiger partial charge is 0.181 e. The zero-order valence-electron chi connectivity index (χ0n) is 7.28. The van der Waals surface area contributed by atoms with Gasteiger partial charge in [-0.05, 0) is 23.9 Å². The molecular weight excluding hydrogens is 184 g/mol. The van der Waals surface area contributed by atoms with Crippen molar-refractivity contribution in [1.82, 2.24) is 4.98 Å². The van der Waals surface area contributed by atoms with Gasteiger partial charge < -0.3 is 10.2 Å². The van der Waals surface area contributed by atoms with Gasteiger partial charge in [-0.1, -0.05) is 0 Å². The third kappa shape index (κ3) is 1.38. The average Bonchev–Trinajstić information content (AvgIpc) is 2.71. The largest absolute Gasteiger partial charge is 0.442 e. The Labute approximate surface area is 80.2 Å². The Kier molecular flexibility index (Phi) is 2.16. The first-order valence-corrected chi connectivity index (χ1v) is 4.87. The zero-order chi connectivity index (χ0) is 9.26. The van der Waals surface area contributed by atoms with E-state index in [1.54, 1.807) is 11.3 Å². The van der Waals surface area contributed by atoms with Crippen LogP contribution < -0.4 is 5.73 Å². The van der Waals surface area contributed by atoms with Gasteiger partial charge in [-0.15, -0.1) is 11.3 Å². The predicted octanol–water partition coefficient (Wildman–Crippen LogP) is 2.17. The van der Waals surface area contributed by atoms with Crippen molar-refractivity contribution < 1.29 is 4.42 Å². The summed E-state index contributed by atoms with van der Waals surface area (Å²) < 4.78 is 5.30. The van der Waals surface area contributed by atoms with Crippen molar-refractivity contribution in [2.75, 3.05) is 0 Å². The molecule has 0 aliphatic carbocycles. The number of rotatable bonds is 2. The lowest BCUT2D eigenvalue weighted by molar-refractivity contribution is 0.572. The normalized spacial score (nSPS) is 10.6. The molecule has 0 unspecified atom stereocenters. The number of hydrogen-bond donors (Lipinski definition) is 1. The summed E-state index contributed by atoms with van der Waals surface area (Å²) in [4.78, 5) is 5.17. The second-order valence-electron chi connectivity index (χ2n) is 2.77. The van der Waals surface area contributed by atoms with Crippen molar-refractivity contribution in [3.63, 3.8) is 0 Å². The SMILES string of the molecule is Cc1ccsc1-c1ocnc1CN. The molecule has 0 bridgehead atoms. The molecule has 2 rings (SSSR count). The molecule has 2 heterocycles. The molecule has 0 saturated carbocycles. The maximum atomic E-state index is 5.53. The highest BCUT2D eigenvalue weighted by Gasteiger charge is 2.12. The standard InChI is InChI=1S/C9H10N2OS/c1-6-2-3-13-9(6)8-7(4-10)11-5-12-8/h2-3,5H,4,10H2,1H3. The fraction of sp³-hybridized carbons (Fsp3) is 0.222. The number of nitrogens with zero attached hydrogens (tertiary/aromatic N) is 1. The van der Waals surface area contributed by atoms with Gasteiger partial charge in [0, 0.05) is 6.54 Å². The number of nitrogens with two attached hydrogens (primary N) is 1. The molecule has 0 spiro atoms. The molecule has 2 aromatic rings. The summed E-state index contributed by atoms with van der Waals surface area (Å²) >= 11 is 1.65. The van der Waals surface area contributed by atoms with Crippen LogP contribution in [0.5, 0.6) is 0 Å². The molecule has 0 fully saturated rings. The van der Waals surface area contributed by atoms with Crippen molar-refractivity contribution >= 4 is 11.3 Å². The van der Waals surface area contributed by atoms with Crippen molar-refractivity contribution in [3.8, 4) is 10.6 Å². The van der Waals surface area contributed by atoms with E-state index in [1.807, 2.05) is 5.38 Å². The van der Waals surface area contributed by atoms with Crippen molar-refractivity contribution in [2.24, 2.45) is 5.73 Å². The number of thiophene rings is 1. The lowest BCUT2D eigenvalue weighted by atomic mass is 10.2. The minimum absolute atomic E-state index is 0.420. The second-order valence-corrected chi connectivity index (χ2v) is 3.68. The topological polar surface area (TPSA) is 52.0 Å². The molecule has 13 heavy (non-hydrogen) atoms. The van der Waals surface area contributed by atoms with Crippen LogP contribution in [0.15, 0.2) is 22.3 Å². The van der Waals surface area contributed by atoms with Crippen LogP contribution in [0.2, 0.25) is 0 Å². The molecule has 0 aromatic carbocycles. The van der Waals surface area contributed by atoms with E-state index in [4.69, 9.17) is 10.2 Å². The minimum Gasteiger partial charge on any atom is -0.442 e. The molecule has 0 saturated heterocycles. The van der Waals surface area contributed by atoms with Crippen LogP contribution >= 0.6 is 11.3 Å². The van der Waals surface area contributed by atoms with Gasteiger partial charge in [0.2, 0.25) is 0 Å². The van der Waals surface area contributed by atoms with Crippen molar-refractivity contribution in [3.05, 3.63) is 29.1 Å². The van der Waals surface area contributed by atoms with Gasteiger partial charge in [-0.3, -0.25) is 0 Å². The highest BCUT2D eigenvalue weighted by Crippen LogP contribution is 2.30. The second kappa shape index (κ2) is 3.32. The van der Waals surface area contributed by atoms with Gasteiger partial charge in [0.25, 0.3) is 0 Å². The Hall–Kier alpha value is -1.13. The average molecular weight is 194 g/mol. The van der Waals surface area contributed by atoms with E-state index >= 15 is 0 Å². The van der Waals surface area contributed by atoms with Crippen LogP contribution in [-0.4, -0.2) is 4.98 Å². The summed E-state index contributed by atoms with van der Waals surface area (Å²) in [6.45, 7) is 2.47. The Morgan fingerprint density at radius 3 is 3.08 bits per heavy atom. The van der Waals surface area contributed by atoms with Crippen LogP contribution in [0, 0.1) is 6.92 Å². The zero-order valence-corrected chi connectivity index (χ0v) is 8.10. The maximum Gasteiger partial charge on any atom is 0.181 e. The van der Waals surface area contributed by atoms with E-state index < -0.39 is 0 Å². The summed E-state index contributed by atoms with van der Waals surface area (Å²) in [5.74, 6) is 0.815. The molecule has 2 N–H and O–H groups in total. The third-order valence-corrected chi connectivity index (χ3v) is 2.92.